The zero-order chi connectivity index (χ0) is 9.14. The Labute approximate surface area is 72.1 Å². The Morgan fingerprint density at radius 1 is 1.83 bits per heavy atom. The van der Waals surface area contributed by atoms with Gasteiger partial charge in [0.2, 0.25) is 6.04 Å². The molecule has 12 heavy (non-hydrogen) atoms. The van der Waals surface area contributed by atoms with Crippen LogP contribution in [0, 0.1) is 10.1 Å². The first-order valence-electron chi connectivity index (χ1n) is 3.35. The predicted molar refractivity (Wildman–Crippen MR) is 39.9 cm³/mol. The van der Waals surface area contributed by atoms with E-state index in [9.17, 15) is 14.9 Å². The van der Waals surface area contributed by atoms with Gasteiger partial charge in [0, 0.05) is 23.3 Å². The van der Waals surface area contributed by atoms with E-state index in [-0.39, 0.29) is 11.3 Å². The van der Waals surface area contributed by atoms with Gasteiger partial charge in [-0.15, -0.1) is 0 Å². The highest BCUT2D eigenvalue weighted by Gasteiger charge is 2.29. The Kier molecular flexibility index (Phi) is 2.59. The first kappa shape index (κ1) is 8.92. The molecule has 1 aliphatic rings. The number of nitrogens with zero attached hydrogens (tertiary/aromatic N) is 1. The van der Waals surface area contributed by atoms with E-state index in [1.54, 1.807) is 0 Å². The van der Waals surface area contributed by atoms with Crippen molar-refractivity contribution in [2.75, 3.05) is 0 Å². The topological polar surface area (TPSA) is 69.4 Å². The molecule has 0 N–H and O–H groups in total. The fourth-order valence-electron chi connectivity index (χ4n) is 1.09. The van der Waals surface area contributed by atoms with Crippen LogP contribution in [0.2, 0.25) is 0 Å². The quantitative estimate of drug-likeness (QED) is 0.343. The van der Waals surface area contributed by atoms with Crippen LogP contribution in [0.1, 0.15) is 12.8 Å². The van der Waals surface area contributed by atoms with Gasteiger partial charge < -0.3 is 4.43 Å². The zero-order valence-corrected chi connectivity index (χ0v) is 7.15. The van der Waals surface area contributed by atoms with Crippen molar-refractivity contribution in [3.8, 4) is 0 Å². The highest BCUT2D eigenvalue weighted by Crippen LogP contribution is 2.21. The first-order valence-corrected chi connectivity index (χ1v) is 3.76. The summed E-state index contributed by atoms with van der Waals surface area (Å²) in [6.45, 7) is 0. The Morgan fingerprint density at radius 3 is 2.92 bits per heavy atom. The van der Waals surface area contributed by atoms with Crippen LogP contribution in [0.3, 0.4) is 0 Å². The summed E-state index contributed by atoms with van der Waals surface area (Å²) in [5.41, 5.74) is 0.367. The molecule has 0 saturated carbocycles. The minimum atomic E-state index is -0.661. The van der Waals surface area contributed by atoms with E-state index in [4.69, 9.17) is 0 Å². The molecule has 1 unspecified atom stereocenters. The van der Waals surface area contributed by atoms with Crippen molar-refractivity contribution in [1.29, 1.82) is 0 Å². The van der Waals surface area contributed by atoms with Crippen LogP contribution in [0.4, 0.5) is 0 Å². The van der Waals surface area contributed by atoms with Gasteiger partial charge in [0.1, 0.15) is 0 Å². The number of nitro groups is 1. The van der Waals surface area contributed by atoms with Crippen molar-refractivity contribution in [3.05, 3.63) is 21.8 Å². The molecule has 5 nitrogen and oxygen atoms in total. The second-order valence-corrected chi connectivity index (χ2v) is 2.70. The molecule has 1 aliphatic carbocycles. The van der Waals surface area contributed by atoms with Crippen LogP contribution in [0.5, 0.6) is 0 Å². The molecule has 0 aromatic carbocycles. The van der Waals surface area contributed by atoms with E-state index in [2.05, 4.69) is 14.9 Å². The minimum Gasteiger partial charge on any atom is -0.513 e. The standard InChI is InChI=1S/C6H6NO4Si/c8-6(11-12)4-1-2-5(3-4)7(9)10/h1,5H,2-3H2. The third-order valence-corrected chi connectivity index (χ3v) is 1.93. The lowest BCUT2D eigenvalue weighted by Crippen LogP contribution is -2.16. The average Bonchev–Trinajstić information content (AvgIpc) is 2.51. The van der Waals surface area contributed by atoms with E-state index in [1.807, 2.05) is 0 Å². The van der Waals surface area contributed by atoms with Crippen LogP contribution in [0.25, 0.3) is 0 Å². The maximum atomic E-state index is 10.8. The average molecular weight is 184 g/mol. The van der Waals surface area contributed by atoms with E-state index >= 15 is 0 Å². The summed E-state index contributed by atoms with van der Waals surface area (Å²) in [5.74, 6) is -0.545. The molecule has 0 aromatic rings. The Bertz CT molecular complexity index is 250. The van der Waals surface area contributed by atoms with Gasteiger partial charge >= 0.3 is 16.5 Å². The van der Waals surface area contributed by atoms with Crippen LogP contribution >= 0.6 is 0 Å². The van der Waals surface area contributed by atoms with Gasteiger partial charge in [-0.3, -0.25) is 10.1 Å². The number of hydrogen-bond acceptors (Lipinski definition) is 4. The number of carbonyl (C=O) groups is 1. The van der Waals surface area contributed by atoms with Gasteiger partial charge in [-0.05, 0) is 0 Å². The zero-order valence-electron chi connectivity index (χ0n) is 6.15. The molecule has 1 atom stereocenters. The summed E-state index contributed by atoms with van der Waals surface area (Å²) in [4.78, 5) is 20.7. The van der Waals surface area contributed by atoms with Crippen molar-refractivity contribution >= 4 is 16.5 Å². The van der Waals surface area contributed by atoms with Gasteiger partial charge in [0.05, 0.1) is 0 Å². The van der Waals surface area contributed by atoms with Crippen molar-refractivity contribution in [2.24, 2.45) is 0 Å². The Morgan fingerprint density at radius 2 is 2.50 bits per heavy atom. The van der Waals surface area contributed by atoms with Gasteiger partial charge in [0.25, 0.3) is 0 Å². The molecular weight excluding hydrogens is 178 g/mol. The molecule has 0 spiro atoms. The molecule has 3 radical (unpaired) electrons. The first-order chi connectivity index (χ1) is 5.65. The molecule has 1 rings (SSSR count). The Balaban J connectivity index is 2.54. The van der Waals surface area contributed by atoms with Crippen LogP contribution in [-0.2, 0) is 9.22 Å². The normalized spacial score (nSPS) is 21.8. The summed E-state index contributed by atoms with van der Waals surface area (Å²) in [6, 6.07) is -0.661. The molecule has 0 fully saturated rings. The van der Waals surface area contributed by atoms with E-state index in [0.717, 1.165) is 0 Å². The van der Waals surface area contributed by atoms with E-state index in [1.165, 1.54) is 6.08 Å². The molecule has 6 heteroatoms. The highest BCUT2D eigenvalue weighted by molar-refractivity contribution is 6.09. The lowest BCUT2D eigenvalue weighted by atomic mass is 10.2. The minimum absolute atomic E-state index is 0.163. The third-order valence-electron chi connectivity index (χ3n) is 1.74. The second kappa shape index (κ2) is 3.48. The van der Waals surface area contributed by atoms with Crippen molar-refractivity contribution in [3.63, 3.8) is 0 Å². The summed E-state index contributed by atoms with van der Waals surface area (Å²) >= 11 is 0. The van der Waals surface area contributed by atoms with Crippen molar-refractivity contribution in [2.45, 2.75) is 18.9 Å². The SMILES string of the molecule is O=C(O[Si])C1=CCC([N+](=O)[O-])C1. The van der Waals surface area contributed by atoms with Crippen LogP contribution in [-0.4, -0.2) is 27.4 Å². The fourth-order valence-corrected chi connectivity index (χ4v) is 1.22. The lowest BCUT2D eigenvalue weighted by molar-refractivity contribution is -0.519. The predicted octanol–water partition coefficient (Wildman–Crippen LogP) is -0.0214. The number of hydrogen-bond donors (Lipinski definition) is 0. The van der Waals surface area contributed by atoms with Gasteiger partial charge in [-0.2, -0.15) is 0 Å². The van der Waals surface area contributed by atoms with Gasteiger partial charge in [-0.1, -0.05) is 6.08 Å². The summed E-state index contributed by atoms with van der Waals surface area (Å²) in [6.07, 6.45) is 2.01. The summed E-state index contributed by atoms with van der Waals surface area (Å²) in [5, 5.41) is 10.3. The summed E-state index contributed by atoms with van der Waals surface area (Å²) in [7, 11) is 2.57. The fraction of sp³-hybridized carbons (Fsp3) is 0.500. The lowest BCUT2D eigenvalue weighted by Gasteiger charge is -2.00. The molecule has 0 amide bonds. The molecule has 0 aliphatic heterocycles. The smallest absolute Gasteiger partial charge is 0.345 e. The van der Waals surface area contributed by atoms with E-state index in [0.29, 0.717) is 12.0 Å². The van der Waals surface area contributed by atoms with Crippen molar-refractivity contribution in [1.82, 2.24) is 0 Å². The molecule has 0 aromatic heterocycles. The van der Waals surface area contributed by atoms with Gasteiger partial charge in [-0.25, -0.2) is 4.79 Å². The maximum Gasteiger partial charge on any atom is 0.345 e. The highest BCUT2D eigenvalue weighted by atomic mass is 28.2. The Hall–Kier alpha value is -1.17. The second-order valence-electron chi connectivity index (χ2n) is 2.50. The maximum absolute atomic E-state index is 10.8. The molecule has 0 heterocycles. The molecule has 0 bridgehead atoms. The monoisotopic (exact) mass is 184 g/mol. The number of carbonyl (C=O) groups excluding carboxylic acids is 1. The summed E-state index contributed by atoms with van der Waals surface area (Å²) < 4.78 is 4.24. The largest absolute Gasteiger partial charge is 0.513 e. The molecule has 0 saturated heterocycles. The van der Waals surface area contributed by atoms with Crippen molar-refractivity contribution < 1.29 is 14.1 Å². The van der Waals surface area contributed by atoms with Crippen LogP contribution in [0.15, 0.2) is 11.6 Å². The molecular formula is C6H6NO4Si. The third kappa shape index (κ3) is 1.70. The van der Waals surface area contributed by atoms with Gasteiger partial charge in [0.15, 0.2) is 0 Å². The van der Waals surface area contributed by atoms with E-state index < -0.39 is 12.0 Å². The number of rotatable bonds is 2. The van der Waals surface area contributed by atoms with Crippen LogP contribution < -0.4 is 0 Å². The molecule has 63 valence electrons.